The van der Waals surface area contributed by atoms with Gasteiger partial charge in [-0.05, 0) is 36.4 Å². The van der Waals surface area contributed by atoms with Gasteiger partial charge in [0.1, 0.15) is 12.7 Å². The molecule has 6 rings (SSSR count). The summed E-state index contributed by atoms with van der Waals surface area (Å²) in [5, 5.41) is 9.85. The van der Waals surface area contributed by atoms with Crippen LogP contribution in [0.3, 0.4) is 0 Å². The number of fused-ring (bicyclic) bond motifs is 1. The van der Waals surface area contributed by atoms with Crippen LogP contribution in [0.15, 0.2) is 91.3 Å². The van der Waals surface area contributed by atoms with E-state index in [4.69, 9.17) is 14.2 Å². The molecular formula is C31H22FN3O9. The van der Waals surface area contributed by atoms with Gasteiger partial charge in [-0.25, -0.2) is 28.7 Å². The number of nitrogens with zero attached hydrogens (tertiary/aromatic N) is 3. The Morgan fingerprint density at radius 3 is 1.95 bits per heavy atom. The van der Waals surface area contributed by atoms with Crippen LogP contribution in [0.25, 0.3) is 0 Å². The molecule has 12 nitrogen and oxygen atoms in total. The van der Waals surface area contributed by atoms with E-state index in [-0.39, 0.29) is 22.3 Å². The van der Waals surface area contributed by atoms with Crippen LogP contribution < -0.4 is 4.90 Å². The average Bonchev–Trinajstić information content (AvgIpc) is 3.68. The number of aromatic carboxylic acids is 1. The fourth-order valence-electron chi connectivity index (χ4n) is 5.07. The van der Waals surface area contributed by atoms with Gasteiger partial charge in [0.25, 0.3) is 11.8 Å². The highest BCUT2D eigenvalue weighted by molar-refractivity contribution is 6.34. The number of alkyl halides is 1. The zero-order valence-corrected chi connectivity index (χ0v) is 22.6. The molecule has 1 fully saturated rings. The van der Waals surface area contributed by atoms with Gasteiger partial charge in [-0.3, -0.25) is 14.2 Å². The van der Waals surface area contributed by atoms with E-state index in [0.717, 1.165) is 10.9 Å². The summed E-state index contributed by atoms with van der Waals surface area (Å²) in [6.07, 6.45) is -6.05. The lowest BCUT2D eigenvalue weighted by Crippen LogP contribution is -2.37. The Balaban J connectivity index is 1.34. The number of ether oxygens (including phenoxy) is 3. The minimum absolute atomic E-state index is 0.0195. The number of aromatic nitrogens is 2. The van der Waals surface area contributed by atoms with Crippen molar-refractivity contribution >= 4 is 35.5 Å². The Hall–Kier alpha value is -5.69. The molecule has 3 aromatic carbocycles. The Bertz CT molecular complexity index is 1740. The van der Waals surface area contributed by atoms with Crippen LogP contribution in [-0.4, -0.2) is 69.4 Å². The van der Waals surface area contributed by atoms with E-state index < -0.39 is 72.4 Å². The van der Waals surface area contributed by atoms with E-state index in [0.29, 0.717) is 4.90 Å². The maximum Gasteiger partial charge on any atom is 0.358 e. The van der Waals surface area contributed by atoms with Crippen molar-refractivity contribution in [3.8, 4) is 0 Å². The first-order valence-electron chi connectivity index (χ1n) is 13.3. The SMILES string of the molecule is O=C(OC[C@H]1O[C@@H](n2cnc(C(=O)O)c2N2C(=O)c3ccccc3C2=O)[C@@H](F)[C@@H]1OC(=O)c1ccccc1)c1ccccc1. The Labute approximate surface area is 248 Å². The third-order valence-corrected chi connectivity index (χ3v) is 7.16. The van der Waals surface area contributed by atoms with Crippen LogP contribution in [0.5, 0.6) is 0 Å². The summed E-state index contributed by atoms with van der Waals surface area (Å²) in [6.45, 7) is -0.555. The Kier molecular flexibility index (Phi) is 7.45. The number of halogens is 1. The van der Waals surface area contributed by atoms with Crippen LogP contribution in [0, 0.1) is 0 Å². The summed E-state index contributed by atoms with van der Waals surface area (Å²) < 4.78 is 33.9. The van der Waals surface area contributed by atoms with E-state index in [9.17, 15) is 29.1 Å². The smallest absolute Gasteiger partial charge is 0.358 e. The number of carbonyl (C=O) groups excluding carboxylic acids is 4. The number of esters is 2. The molecule has 3 heterocycles. The first-order valence-corrected chi connectivity index (χ1v) is 13.3. The van der Waals surface area contributed by atoms with E-state index in [1.807, 2.05) is 0 Å². The second kappa shape index (κ2) is 11.5. The zero-order chi connectivity index (χ0) is 31.0. The van der Waals surface area contributed by atoms with Gasteiger partial charge in [-0.2, -0.15) is 0 Å². The predicted octanol–water partition coefficient (Wildman–Crippen LogP) is 3.70. The maximum absolute atomic E-state index is 16.3. The lowest BCUT2D eigenvalue weighted by atomic mass is 10.1. The fraction of sp³-hybridized carbons (Fsp3) is 0.161. The highest BCUT2D eigenvalue weighted by atomic mass is 19.1. The second-order valence-corrected chi connectivity index (χ2v) is 9.83. The van der Waals surface area contributed by atoms with Crippen molar-refractivity contribution in [2.75, 3.05) is 11.5 Å². The van der Waals surface area contributed by atoms with Crippen molar-refractivity contribution in [2.45, 2.75) is 24.6 Å². The number of imidazole rings is 1. The second-order valence-electron chi connectivity index (χ2n) is 9.83. The molecule has 44 heavy (non-hydrogen) atoms. The van der Waals surface area contributed by atoms with Crippen LogP contribution >= 0.6 is 0 Å². The molecule has 0 aliphatic carbocycles. The number of carboxylic acid groups (broad SMARTS) is 1. The van der Waals surface area contributed by atoms with Gasteiger partial charge in [-0.1, -0.05) is 48.5 Å². The number of hydrogen-bond acceptors (Lipinski definition) is 9. The molecule has 2 aliphatic rings. The number of hydrogen-bond donors (Lipinski definition) is 1. The minimum atomic E-state index is -2.19. The fourth-order valence-corrected chi connectivity index (χ4v) is 5.07. The van der Waals surface area contributed by atoms with E-state index in [2.05, 4.69) is 4.98 Å². The molecule has 0 unspecified atom stereocenters. The standard InChI is InChI=1S/C31H22FN3O9/c32-22-24(44-31(41)18-11-5-2-6-12-18)21(15-42-30(40)17-9-3-1-4-10-17)43-28(22)34-16-33-23(29(38)39)25(34)35-26(36)19-13-7-8-14-20(19)27(35)37/h1-14,16,21-22,24,28H,15H2,(H,38,39)/t21-,22+,24-,28-/m1/s1. The summed E-state index contributed by atoms with van der Waals surface area (Å²) in [6, 6.07) is 21.6. The van der Waals surface area contributed by atoms with Gasteiger partial charge in [0.05, 0.1) is 28.6 Å². The Morgan fingerprint density at radius 1 is 0.841 bits per heavy atom. The largest absolute Gasteiger partial charge is 0.476 e. The third kappa shape index (κ3) is 4.98. The van der Waals surface area contributed by atoms with Gasteiger partial charge in [0.15, 0.2) is 30.0 Å². The molecular weight excluding hydrogens is 577 g/mol. The monoisotopic (exact) mass is 599 g/mol. The third-order valence-electron chi connectivity index (χ3n) is 7.16. The molecule has 1 aromatic heterocycles. The summed E-state index contributed by atoms with van der Waals surface area (Å²) in [7, 11) is 0. The van der Waals surface area contributed by atoms with E-state index >= 15 is 4.39 Å². The van der Waals surface area contributed by atoms with Crippen molar-refractivity contribution in [3.63, 3.8) is 0 Å². The van der Waals surface area contributed by atoms with Gasteiger partial charge in [-0.15, -0.1) is 0 Å². The van der Waals surface area contributed by atoms with Crippen molar-refractivity contribution in [3.05, 3.63) is 119 Å². The lowest BCUT2D eigenvalue weighted by molar-refractivity contribution is -0.0575. The zero-order valence-electron chi connectivity index (χ0n) is 22.6. The summed E-state index contributed by atoms with van der Waals surface area (Å²) in [5.74, 6) is -5.47. The summed E-state index contributed by atoms with van der Waals surface area (Å²) in [4.78, 5) is 68.7. The highest BCUT2D eigenvalue weighted by Crippen LogP contribution is 2.40. The maximum atomic E-state index is 16.3. The molecule has 0 bridgehead atoms. The first kappa shape index (κ1) is 28.4. The number of amides is 2. The molecule has 222 valence electrons. The van der Waals surface area contributed by atoms with Gasteiger partial charge >= 0.3 is 17.9 Å². The lowest BCUT2D eigenvalue weighted by Gasteiger charge is -2.22. The van der Waals surface area contributed by atoms with Crippen LogP contribution in [0.1, 0.15) is 58.1 Å². The minimum Gasteiger partial charge on any atom is -0.476 e. The molecule has 2 amide bonds. The number of benzene rings is 3. The summed E-state index contributed by atoms with van der Waals surface area (Å²) in [5.41, 5.74) is -0.347. The molecule has 1 N–H and O–H groups in total. The molecule has 0 spiro atoms. The summed E-state index contributed by atoms with van der Waals surface area (Å²) >= 11 is 0. The van der Waals surface area contributed by atoms with Crippen LogP contribution in [0.4, 0.5) is 10.2 Å². The Morgan fingerprint density at radius 2 is 1.39 bits per heavy atom. The highest BCUT2D eigenvalue weighted by Gasteiger charge is 2.51. The quantitative estimate of drug-likeness (QED) is 0.234. The van der Waals surface area contributed by atoms with Crippen molar-refractivity contribution in [1.29, 1.82) is 0 Å². The molecule has 4 atom stereocenters. The normalized spacial score (nSPS) is 20.8. The molecule has 4 aromatic rings. The van der Waals surface area contributed by atoms with Crippen molar-refractivity contribution < 1.29 is 47.7 Å². The number of rotatable bonds is 8. The number of carbonyl (C=O) groups is 5. The van der Waals surface area contributed by atoms with Gasteiger partial charge in [0, 0.05) is 0 Å². The van der Waals surface area contributed by atoms with Crippen molar-refractivity contribution in [2.24, 2.45) is 0 Å². The number of anilines is 1. The van der Waals surface area contributed by atoms with E-state index in [1.165, 1.54) is 48.5 Å². The number of imide groups is 1. The molecule has 0 radical (unpaired) electrons. The molecule has 2 aliphatic heterocycles. The van der Waals surface area contributed by atoms with Crippen LogP contribution in [0.2, 0.25) is 0 Å². The average molecular weight is 600 g/mol. The molecule has 1 saturated heterocycles. The molecule has 0 saturated carbocycles. The van der Waals surface area contributed by atoms with E-state index in [1.54, 1.807) is 36.4 Å². The molecule has 13 heteroatoms. The van der Waals surface area contributed by atoms with Crippen LogP contribution in [-0.2, 0) is 14.2 Å². The number of carboxylic acids is 1. The van der Waals surface area contributed by atoms with Gasteiger partial charge < -0.3 is 19.3 Å². The van der Waals surface area contributed by atoms with Gasteiger partial charge in [0.2, 0.25) is 0 Å². The predicted molar refractivity (Wildman–Crippen MR) is 148 cm³/mol. The van der Waals surface area contributed by atoms with Crippen molar-refractivity contribution in [1.82, 2.24) is 9.55 Å². The first-order chi connectivity index (χ1) is 21.3. The topological polar surface area (TPSA) is 154 Å².